The zero-order chi connectivity index (χ0) is 28.8. The van der Waals surface area contributed by atoms with Crippen LogP contribution in [0, 0.1) is 5.92 Å². The molecule has 2 fully saturated rings. The Balaban J connectivity index is 1.84. The van der Waals surface area contributed by atoms with Gasteiger partial charge in [-0.2, -0.15) is 0 Å². The maximum Gasteiger partial charge on any atom is 0.408 e. The number of amides is 4. The van der Waals surface area contributed by atoms with Crippen molar-refractivity contribution in [3.63, 3.8) is 0 Å². The van der Waals surface area contributed by atoms with Crippen LogP contribution in [0.25, 0.3) is 0 Å². The first kappa shape index (κ1) is 30.9. The maximum absolute atomic E-state index is 13.6. The largest absolute Gasteiger partial charge is 0.444 e. The van der Waals surface area contributed by atoms with Crippen molar-refractivity contribution in [3.05, 3.63) is 12.2 Å². The van der Waals surface area contributed by atoms with Crippen LogP contribution < -0.4 is 15.4 Å². The van der Waals surface area contributed by atoms with Crippen molar-refractivity contribution in [1.29, 1.82) is 0 Å². The van der Waals surface area contributed by atoms with Crippen molar-refractivity contribution in [1.82, 2.24) is 20.3 Å². The van der Waals surface area contributed by atoms with Gasteiger partial charge in [-0.05, 0) is 72.1 Å². The van der Waals surface area contributed by atoms with E-state index in [0.717, 1.165) is 19.3 Å². The van der Waals surface area contributed by atoms with Crippen LogP contribution >= 0.6 is 0 Å². The monoisotopic (exact) mass is 568 g/mol. The summed E-state index contributed by atoms with van der Waals surface area (Å²) >= 11 is 0. The molecule has 11 nitrogen and oxygen atoms in total. The van der Waals surface area contributed by atoms with Crippen LogP contribution in [0.3, 0.4) is 0 Å². The number of fused-ring (bicyclic) bond motifs is 1. The predicted octanol–water partition coefficient (Wildman–Crippen LogP) is 2.51. The molecular weight excluding hydrogens is 524 g/mol. The molecule has 2 heterocycles. The lowest BCUT2D eigenvalue weighted by molar-refractivity contribution is -0.141. The average Bonchev–Trinajstić information content (AvgIpc) is 3.59. The van der Waals surface area contributed by atoms with Gasteiger partial charge in [0.05, 0.1) is 5.25 Å². The minimum absolute atomic E-state index is 0.341. The molecule has 0 aromatic carbocycles. The molecule has 1 saturated heterocycles. The molecule has 0 aromatic rings. The SMILES string of the molecule is CC[C@H]1/C=C\CCCCC[C@H](NC(=O)OC(C)(C)C)C(=O)N2CCC[C@H]2C(=O)N[C@H]1C(=O)NS(=O)(=O)C1CC1. The number of nitrogens with one attached hydrogen (secondary N) is 3. The highest BCUT2D eigenvalue weighted by Gasteiger charge is 2.42. The zero-order valence-corrected chi connectivity index (χ0v) is 24.3. The lowest BCUT2D eigenvalue weighted by Crippen LogP contribution is -2.58. The Labute approximate surface area is 231 Å². The number of sulfonamides is 1. The van der Waals surface area contributed by atoms with Crippen LogP contribution in [-0.4, -0.2) is 72.7 Å². The van der Waals surface area contributed by atoms with Crippen molar-refractivity contribution >= 4 is 33.8 Å². The molecule has 4 amide bonds. The lowest BCUT2D eigenvalue weighted by atomic mass is 9.94. The zero-order valence-electron chi connectivity index (χ0n) is 23.5. The molecule has 4 atom stereocenters. The van der Waals surface area contributed by atoms with Gasteiger partial charge in [-0.3, -0.25) is 19.1 Å². The van der Waals surface area contributed by atoms with Gasteiger partial charge in [0.2, 0.25) is 21.8 Å². The Morgan fingerprint density at radius 3 is 2.44 bits per heavy atom. The van der Waals surface area contributed by atoms with E-state index in [1.807, 2.05) is 19.1 Å². The van der Waals surface area contributed by atoms with Gasteiger partial charge in [0.15, 0.2) is 0 Å². The first-order valence-corrected chi connectivity index (χ1v) is 15.7. The summed E-state index contributed by atoms with van der Waals surface area (Å²) in [6.07, 6.45) is 9.16. The Bertz CT molecular complexity index is 1050. The van der Waals surface area contributed by atoms with Crippen LogP contribution in [0.4, 0.5) is 4.79 Å². The molecule has 3 rings (SSSR count). The number of allylic oxidation sites excluding steroid dienone is 1. The summed E-state index contributed by atoms with van der Waals surface area (Å²) in [7, 11) is -3.80. The molecule has 1 aliphatic carbocycles. The standard InChI is InChI=1S/C27H44N4O7S/c1-5-18-12-9-7-6-8-10-13-20(28-26(35)38-27(2,3)4)25(34)31-17-11-14-21(31)23(32)29-22(18)24(33)30-39(36,37)19-15-16-19/h9,12,18-22H,5-8,10-11,13-17H2,1-4H3,(H,28,35)(H,29,32)(H,30,33)/b12-9-/t18-,20-,21-,22+/m0/s1. The molecule has 0 spiro atoms. The van der Waals surface area contributed by atoms with Crippen LogP contribution in [0.2, 0.25) is 0 Å². The van der Waals surface area contributed by atoms with Gasteiger partial charge in [-0.15, -0.1) is 0 Å². The van der Waals surface area contributed by atoms with E-state index in [0.29, 0.717) is 51.5 Å². The number of nitrogens with zero attached hydrogens (tertiary/aromatic N) is 1. The Hall–Kier alpha value is -2.63. The van der Waals surface area contributed by atoms with Crippen LogP contribution in [-0.2, 0) is 29.1 Å². The van der Waals surface area contributed by atoms with Crippen LogP contribution in [0.5, 0.6) is 0 Å². The second-order valence-corrected chi connectivity index (χ2v) is 13.7. The Morgan fingerprint density at radius 1 is 1.08 bits per heavy atom. The molecule has 0 bridgehead atoms. The van der Waals surface area contributed by atoms with E-state index in [-0.39, 0.29) is 5.91 Å². The molecule has 0 unspecified atom stereocenters. The second kappa shape index (κ2) is 13.1. The number of hydrogen-bond donors (Lipinski definition) is 3. The quantitative estimate of drug-likeness (QED) is 0.431. The third-order valence-corrected chi connectivity index (χ3v) is 9.10. The third-order valence-electron chi connectivity index (χ3n) is 7.26. The number of ether oxygens (including phenoxy) is 1. The lowest BCUT2D eigenvalue weighted by Gasteiger charge is -2.31. The molecule has 0 radical (unpaired) electrons. The minimum Gasteiger partial charge on any atom is -0.444 e. The summed E-state index contributed by atoms with van der Waals surface area (Å²) in [6.45, 7) is 7.44. The average molecular weight is 569 g/mol. The van der Waals surface area contributed by atoms with Gasteiger partial charge < -0.3 is 20.3 Å². The van der Waals surface area contributed by atoms with E-state index in [9.17, 15) is 27.6 Å². The number of carbonyl (C=O) groups is 4. The van der Waals surface area contributed by atoms with Crippen molar-refractivity contribution in [2.75, 3.05) is 6.54 Å². The predicted molar refractivity (Wildman–Crippen MR) is 146 cm³/mol. The summed E-state index contributed by atoms with van der Waals surface area (Å²) in [5.41, 5.74) is -0.728. The molecule has 220 valence electrons. The van der Waals surface area contributed by atoms with Crippen molar-refractivity contribution in [2.45, 2.75) is 121 Å². The summed E-state index contributed by atoms with van der Waals surface area (Å²) in [5, 5.41) is 4.90. The normalized spacial score (nSPS) is 28.4. The number of alkyl carbamates (subject to hydrolysis) is 1. The van der Waals surface area contributed by atoms with Gasteiger partial charge >= 0.3 is 6.09 Å². The summed E-state index contributed by atoms with van der Waals surface area (Å²) in [5.74, 6) is -2.06. The minimum atomic E-state index is -3.80. The van der Waals surface area contributed by atoms with Crippen molar-refractivity contribution < 1.29 is 32.3 Å². The number of carbonyl (C=O) groups excluding carboxylic acids is 4. The highest BCUT2D eigenvalue weighted by molar-refractivity contribution is 7.90. The molecule has 39 heavy (non-hydrogen) atoms. The molecule has 1 saturated carbocycles. The van der Waals surface area contributed by atoms with Crippen LogP contribution in [0.15, 0.2) is 12.2 Å². The number of rotatable bonds is 5. The van der Waals surface area contributed by atoms with E-state index < -0.39 is 62.8 Å². The van der Waals surface area contributed by atoms with Crippen molar-refractivity contribution in [2.24, 2.45) is 5.92 Å². The number of hydrogen-bond acceptors (Lipinski definition) is 7. The van der Waals surface area contributed by atoms with E-state index in [1.165, 1.54) is 4.90 Å². The fourth-order valence-corrected chi connectivity index (χ4v) is 6.36. The Morgan fingerprint density at radius 2 is 1.79 bits per heavy atom. The molecular formula is C27H44N4O7S. The fourth-order valence-electron chi connectivity index (χ4n) is 5.03. The Kier molecular flexibility index (Phi) is 10.4. The fraction of sp³-hybridized carbons (Fsp3) is 0.778. The highest BCUT2D eigenvalue weighted by atomic mass is 32.2. The van der Waals surface area contributed by atoms with E-state index in [1.54, 1.807) is 20.8 Å². The molecule has 3 N–H and O–H groups in total. The van der Waals surface area contributed by atoms with Crippen LogP contribution in [0.1, 0.15) is 91.9 Å². The highest BCUT2D eigenvalue weighted by Crippen LogP contribution is 2.28. The third kappa shape index (κ3) is 8.94. The second-order valence-electron chi connectivity index (χ2n) is 11.7. The van der Waals surface area contributed by atoms with Gasteiger partial charge in [0, 0.05) is 12.5 Å². The molecule has 0 aromatic heterocycles. The van der Waals surface area contributed by atoms with Gasteiger partial charge in [0.1, 0.15) is 23.7 Å². The molecule has 2 aliphatic heterocycles. The first-order valence-electron chi connectivity index (χ1n) is 14.1. The van der Waals surface area contributed by atoms with Gasteiger partial charge in [-0.25, -0.2) is 13.2 Å². The van der Waals surface area contributed by atoms with E-state index in [2.05, 4.69) is 15.4 Å². The van der Waals surface area contributed by atoms with E-state index in [4.69, 9.17) is 4.74 Å². The van der Waals surface area contributed by atoms with Gasteiger partial charge in [-0.1, -0.05) is 31.9 Å². The van der Waals surface area contributed by atoms with Crippen molar-refractivity contribution in [3.8, 4) is 0 Å². The summed E-state index contributed by atoms with van der Waals surface area (Å²) < 4.78 is 32.5. The summed E-state index contributed by atoms with van der Waals surface area (Å²) in [6, 6.07) is -2.78. The first-order chi connectivity index (χ1) is 18.3. The smallest absolute Gasteiger partial charge is 0.408 e. The molecule has 12 heteroatoms. The van der Waals surface area contributed by atoms with E-state index >= 15 is 0 Å². The molecule has 3 aliphatic rings. The maximum atomic E-state index is 13.6. The van der Waals surface area contributed by atoms with Gasteiger partial charge in [0.25, 0.3) is 5.91 Å². The summed E-state index contributed by atoms with van der Waals surface area (Å²) in [4.78, 5) is 54.3. The topological polar surface area (TPSA) is 151 Å².